The highest BCUT2D eigenvalue weighted by Gasteiger charge is 2.29. The van der Waals surface area contributed by atoms with Crippen LogP contribution in [0.25, 0.3) is 0 Å². The SMILES string of the molecule is COc1ccc(CC(=O)C2CCNC2C)cc1F. The van der Waals surface area contributed by atoms with E-state index in [4.69, 9.17) is 4.74 Å². The van der Waals surface area contributed by atoms with E-state index in [2.05, 4.69) is 5.32 Å². The van der Waals surface area contributed by atoms with Gasteiger partial charge in [-0.3, -0.25) is 4.79 Å². The van der Waals surface area contributed by atoms with E-state index in [9.17, 15) is 9.18 Å². The Morgan fingerprint density at radius 1 is 1.56 bits per heavy atom. The second kappa shape index (κ2) is 5.48. The third kappa shape index (κ3) is 2.70. The zero-order valence-corrected chi connectivity index (χ0v) is 10.7. The molecule has 0 radical (unpaired) electrons. The molecule has 0 aromatic heterocycles. The number of hydrogen-bond acceptors (Lipinski definition) is 3. The monoisotopic (exact) mass is 251 g/mol. The molecule has 0 aliphatic carbocycles. The Bertz CT molecular complexity index is 447. The first-order chi connectivity index (χ1) is 8.61. The molecule has 1 heterocycles. The Balaban J connectivity index is 2.05. The van der Waals surface area contributed by atoms with Gasteiger partial charge in [0.05, 0.1) is 7.11 Å². The van der Waals surface area contributed by atoms with Crippen LogP contribution in [0.5, 0.6) is 5.75 Å². The van der Waals surface area contributed by atoms with Crippen LogP contribution in [0.4, 0.5) is 4.39 Å². The lowest BCUT2D eigenvalue weighted by atomic mass is 9.92. The van der Waals surface area contributed by atoms with Gasteiger partial charge in [-0.1, -0.05) is 6.07 Å². The number of halogens is 1. The Morgan fingerprint density at radius 2 is 2.33 bits per heavy atom. The highest BCUT2D eigenvalue weighted by molar-refractivity contribution is 5.84. The Morgan fingerprint density at radius 3 is 2.89 bits per heavy atom. The summed E-state index contributed by atoms with van der Waals surface area (Å²) >= 11 is 0. The first-order valence-electron chi connectivity index (χ1n) is 6.20. The number of rotatable bonds is 4. The third-order valence-corrected chi connectivity index (χ3v) is 3.53. The third-order valence-electron chi connectivity index (χ3n) is 3.53. The van der Waals surface area contributed by atoms with Crippen molar-refractivity contribution in [1.82, 2.24) is 5.32 Å². The maximum atomic E-state index is 13.5. The van der Waals surface area contributed by atoms with Crippen LogP contribution in [0, 0.1) is 11.7 Å². The fraction of sp³-hybridized carbons (Fsp3) is 0.500. The molecule has 4 heteroatoms. The number of hydrogen-bond donors (Lipinski definition) is 1. The quantitative estimate of drug-likeness (QED) is 0.888. The van der Waals surface area contributed by atoms with Crippen molar-refractivity contribution < 1.29 is 13.9 Å². The van der Waals surface area contributed by atoms with Gasteiger partial charge in [-0.2, -0.15) is 0 Å². The minimum atomic E-state index is -0.416. The van der Waals surface area contributed by atoms with Crippen molar-refractivity contribution >= 4 is 5.78 Å². The maximum absolute atomic E-state index is 13.5. The highest BCUT2D eigenvalue weighted by atomic mass is 19.1. The van der Waals surface area contributed by atoms with Crippen molar-refractivity contribution in [3.63, 3.8) is 0 Å². The molecule has 1 N–H and O–H groups in total. The van der Waals surface area contributed by atoms with Crippen LogP contribution >= 0.6 is 0 Å². The molecule has 2 atom stereocenters. The molecule has 1 aromatic carbocycles. The number of Topliss-reactive ketones (excluding diaryl/α,β-unsaturated/α-hetero) is 1. The fourth-order valence-corrected chi connectivity index (χ4v) is 2.45. The lowest BCUT2D eigenvalue weighted by Gasteiger charge is -2.13. The molecule has 1 aliphatic rings. The second-order valence-corrected chi connectivity index (χ2v) is 4.75. The van der Waals surface area contributed by atoms with Crippen molar-refractivity contribution in [3.8, 4) is 5.75 Å². The Labute approximate surface area is 106 Å². The molecule has 0 saturated carbocycles. The molecule has 98 valence electrons. The number of carbonyl (C=O) groups is 1. The molecule has 18 heavy (non-hydrogen) atoms. The number of methoxy groups -OCH3 is 1. The summed E-state index contributed by atoms with van der Waals surface area (Å²) in [5.41, 5.74) is 0.706. The van der Waals surface area contributed by atoms with Crippen molar-refractivity contribution in [2.24, 2.45) is 5.92 Å². The van der Waals surface area contributed by atoms with Gasteiger partial charge in [-0.15, -0.1) is 0 Å². The summed E-state index contributed by atoms with van der Waals surface area (Å²) in [6.45, 7) is 2.90. The molecule has 1 saturated heterocycles. The molecule has 1 aliphatic heterocycles. The second-order valence-electron chi connectivity index (χ2n) is 4.75. The lowest BCUT2D eigenvalue weighted by molar-refractivity contribution is -0.122. The van der Waals surface area contributed by atoms with Gasteiger partial charge in [0.25, 0.3) is 0 Å². The van der Waals surface area contributed by atoms with Gasteiger partial charge in [0.2, 0.25) is 0 Å². The predicted octanol–water partition coefficient (Wildman–Crippen LogP) is 1.94. The molecule has 2 unspecified atom stereocenters. The van der Waals surface area contributed by atoms with Gasteiger partial charge < -0.3 is 10.1 Å². The average molecular weight is 251 g/mol. The van der Waals surface area contributed by atoms with E-state index < -0.39 is 5.82 Å². The van der Waals surface area contributed by atoms with Crippen LogP contribution in [0.15, 0.2) is 18.2 Å². The lowest BCUT2D eigenvalue weighted by Crippen LogP contribution is -2.29. The topological polar surface area (TPSA) is 38.3 Å². The standard InChI is InChI=1S/C14H18FNO2/c1-9-11(5-6-16-9)13(17)8-10-3-4-14(18-2)12(15)7-10/h3-4,7,9,11,16H,5-6,8H2,1-2H3. The molecule has 2 rings (SSSR count). The summed E-state index contributed by atoms with van der Waals surface area (Å²) in [4.78, 5) is 12.1. The smallest absolute Gasteiger partial charge is 0.165 e. The summed E-state index contributed by atoms with van der Waals surface area (Å²) in [6.07, 6.45) is 1.16. The van der Waals surface area contributed by atoms with E-state index in [-0.39, 0.29) is 29.9 Å². The van der Waals surface area contributed by atoms with Gasteiger partial charge in [0.1, 0.15) is 5.78 Å². The van der Waals surface area contributed by atoms with Crippen molar-refractivity contribution in [2.75, 3.05) is 13.7 Å². The summed E-state index contributed by atoms with van der Waals surface area (Å²) in [5.74, 6) is 0.0229. The molecule has 0 amide bonds. The number of nitrogens with one attached hydrogen (secondary N) is 1. The molecular weight excluding hydrogens is 233 g/mol. The van der Waals surface area contributed by atoms with Crippen LogP contribution in [0.2, 0.25) is 0 Å². The van der Waals surface area contributed by atoms with Gasteiger partial charge in [0, 0.05) is 18.4 Å². The molecule has 1 fully saturated rings. The van der Waals surface area contributed by atoms with Crippen LogP contribution in [-0.4, -0.2) is 25.5 Å². The summed E-state index contributed by atoms with van der Waals surface area (Å²) in [5, 5.41) is 3.25. The van der Waals surface area contributed by atoms with E-state index in [0.717, 1.165) is 13.0 Å². The van der Waals surface area contributed by atoms with Gasteiger partial charge in [0.15, 0.2) is 11.6 Å². The Hall–Kier alpha value is -1.42. The van der Waals surface area contributed by atoms with Crippen LogP contribution in [-0.2, 0) is 11.2 Å². The van der Waals surface area contributed by atoms with E-state index in [1.807, 2.05) is 6.92 Å². The van der Waals surface area contributed by atoms with E-state index in [0.29, 0.717) is 5.56 Å². The average Bonchev–Trinajstić information content (AvgIpc) is 2.76. The summed E-state index contributed by atoms with van der Waals surface area (Å²) in [7, 11) is 1.43. The minimum absolute atomic E-state index is 0.0511. The van der Waals surface area contributed by atoms with E-state index >= 15 is 0 Å². The van der Waals surface area contributed by atoms with Crippen LogP contribution in [0.1, 0.15) is 18.9 Å². The van der Waals surface area contributed by atoms with E-state index in [1.54, 1.807) is 12.1 Å². The number of carbonyl (C=O) groups excluding carboxylic acids is 1. The maximum Gasteiger partial charge on any atom is 0.165 e. The highest BCUT2D eigenvalue weighted by Crippen LogP contribution is 2.21. The molecule has 0 bridgehead atoms. The predicted molar refractivity (Wildman–Crippen MR) is 67.2 cm³/mol. The van der Waals surface area contributed by atoms with Gasteiger partial charge in [-0.05, 0) is 37.6 Å². The van der Waals surface area contributed by atoms with Gasteiger partial charge in [-0.25, -0.2) is 4.39 Å². The van der Waals surface area contributed by atoms with Gasteiger partial charge >= 0.3 is 0 Å². The zero-order valence-electron chi connectivity index (χ0n) is 10.7. The van der Waals surface area contributed by atoms with Crippen molar-refractivity contribution in [3.05, 3.63) is 29.6 Å². The fourth-order valence-electron chi connectivity index (χ4n) is 2.45. The normalized spacial score (nSPS) is 23.1. The first-order valence-corrected chi connectivity index (χ1v) is 6.20. The summed E-state index contributed by atoms with van der Waals surface area (Å²) in [6, 6.07) is 4.91. The zero-order chi connectivity index (χ0) is 13.1. The van der Waals surface area contributed by atoms with Crippen molar-refractivity contribution in [1.29, 1.82) is 0 Å². The molecule has 1 aromatic rings. The molecular formula is C14H18FNO2. The molecule has 3 nitrogen and oxygen atoms in total. The van der Waals surface area contributed by atoms with Crippen LogP contribution < -0.4 is 10.1 Å². The number of ether oxygens (including phenoxy) is 1. The Kier molecular flexibility index (Phi) is 3.97. The number of benzene rings is 1. The number of ketones is 1. The van der Waals surface area contributed by atoms with Crippen LogP contribution in [0.3, 0.4) is 0 Å². The minimum Gasteiger partial charge on any atom is -0.494 e. The summed E-state index contributed by atoms with van der Waals surface area (Å²) < 4.78 is 18.4. The largest absolute Gasteiger partial charge is 0.494 e. The molecule has 0 spiro atoms. The van der Waals surface area contributed by atoms with Crippen molar-refractivity contribution in [2.45, 2.75) is 25.8 Å². The first kappa shape index (κ1) is 13.0. The van der Waals surface area contributed by atoms with E-state index in [1.165, 1.54) is 13.2 Å².